The van der Waals surface area contributed by atoms with E-state index in [-0.39, 0.29) is 6.42 Å². The molecule has 72 valence electrons. The summed E-state index contributed by atoms with van der Waals surface area (Å²) in [6.45, 7) is 1.92. The van der Waals surface area contributed by atoms with Gasteiger partial charge in [0.2, 0.25) is 0 Å². The van der Waals surface area contributed by atoms with E-state index in [1.54, 1.807) is 0 Å². The number of rotatable bonds is 1. The molecular formula is C11H10O3. The van der Waals surface area contributed by atoms with Crippen LogP contribution in [0.15, 0.2) is 24.3 Å². The summed E-state index contributed by atoms with van der Waals surface area (Å²) in [6, 6.07) is 7.55. The molecule has 0 radical (unpaired) electrons. The molecule has 3 nitrogen and oxygen atoms in total. The van der Waals surface area contributed by atoms with E-state index in [1.165, 1.54) is 0 Å². The summed E-state index contributed by atoms with van der Waals surface area (Å²) >= 11 is 0. The highest BCUT2D eigenvalue weighted by atomic mass is 16.6. The maximum atomic E-state index is 11.3. The van der Waals surface area contributed by atoms with Gasteiger partial charge in [0.05, 0.1) is 12.3 Å². The zero-order valence-corrected chi connectivity index (χ0v) is 7.82. The highest BCUT2D eigenvalue weighted by Crippen LogP contribution is 2.29. The molecule has 1 aliphatic heterocycles. The minimum absolute atomic E-state index is 0.170. The van der Waals surface area contributed by atoms with E-state index in [0.29, 0.717) is 0 Å². The number of cyclic esters (lactones) is 2. The Hall–Kier alpha value is -1.64. The summed E-state index contributed by atoms with van der Waals surface area (Å²) in [5, 5.41) is 0. The summed E-state index contributed by atoms with van der Waals surface area (Å²) in [5.41, 5.74) is 1.91. The smallest absolute Gasteiger partial charge is 0.321 e. The second-order valence-corrected chi connectivity index (χ2v) is 3.41. The zero-order valence-electron chi connectivity index (χ0n) is 7.82. The second kappa shape index (κ2) is 3.25. The molecule has 0 aliphatic carbocycles. The minimum Gasteiger partial charge on any atom is -0.393 e. The topological polar surface area (TPSA) is 43.4 Å². The Balaban J connectivity index is 2.36. The number of aryl methyl sites for hydroxylation is 1. The molecule has 1 saturated heterocycles. The first kappa shape index (κ1) is 8.94. The fraction of sp³-hybridized carbons (Fsp3) is 0.273. The van der Waals surface area contributed by atoms with Crippen LogP contribution in [-0.2, 0) is 14.3 Å². The van der Waals surface area contributed by atoms with Crippen LogP contribution >= 0.6 is 0 Å². The van der Waals surface area contributed by atoms with Crippen molar-refractivity contribution in [3.8, 4) is 0 Å². The predicted molar refractivity (Wildman–Crippen MR) is 49.6 cm³/mol. The molecule has 0 unspecified atom stereocenters. The van der Waals surface area contributed by atoms with Gasteiger partial charge in [-0.1, -0.05) is 24.3 Å². The van der Waals surface area contributed by atoms with Crippen molar-refractivity contribution in [2.75, 3.05) is 0 Å². The predicted octanol–water partition coefficient (Wildman–Crippen LogP) is 1.55. The van der Waals surface area contributed by atoms with Crippen molar-refractivity contribution in [1.82, 2.24) is 0 Å². The number of carbonyl (C=O) groups excluding carboxylic acids is 2. The lowest BCUT2D eigenvalue weighted by atomic mass is 9.94. The van der Waals surface area contributed by atoms with Crippen LogP contribution in [0.5, 0.6) is 0 Å². The molecule has 1 fully saturated rings. The Morgan fingerprint density at radius 1 is 1.29 bits per heavy atom. The second-order valence-electron chi connectivity index (χ2n) is 3.41. The van der Waals surface area contributed by atoms with Gasteiger partial charge < -0.3 is 4.74 Å². The molecule has 0 saturated carbocycles. The van der Waals surface area contributed by atoms with Crippen molar-refractivity contribution in [3.63, 3.8) is 0 Å². The van der Waals surface area contributed by atoms with Gasteiger partial charge in [-0.05, 0) is 18.1 Å². The molecular weight excluding hydrogens is 180 g/mol. The third-order valence-corrected chi connectivity index (χ3v) is 2.43. The third kappa shape index (κ3) is 1.41. The van der Waals surface area contributed by atoms with Crippen molar-refractivity contribution >= 4 is 11.9 Å². The average molecular weight is 190 g/mol. The number of benzene rings is 1. The third-order valence-electron chi connectivity index (χ3n) is 2.43. The molecule has 1 aliphatic rings. The van der Waals surface area contributed by atoms with Crippen LogP contribution in [0.2, 0.25) is 0 Å². The van der Waals surface area contributed by atoms with Crippen LogP contribution in [-0.4, -0.2) is 11.9 Å². The van der Waals surface area contributed by atoms with Gasteiger partial charge in [-0.3, -0.25) is 9.59 Å². The molecule has 1 aromatic carbocycles. The van der Waals surface area contributed by atoms with E-state index in [9.17, 15) is 9.59 Å². The summed E-state index contributed by atoms with van der Waals surface area (Å²) in [7, 11) is 0. The summed E-state index contributed by atoms with van der Waals surface area (Å²) in [5.74, 6) is -1.25. The van der Waals surface area contributed by atoms with Gasteiger partial charge in [-0.2, -0.15) is 0 Å². The minimum atomic E-state index is -0.428. The lowest BCUT2D eigenvalue weighted by Gasteiger charge is -2.07. The lowest BCUT2D eigenvalue weighted by Crippen LogP contribution is -2.06. The maximum Gasteiger partial charge on any atom is 0.321 e. The molecule has 14 heavy (non-hydrogen) atoms. The van der Waals surface area contributed by atoms with Gasteiger partial charge in [0.15, 0.2) is 0 Å². The fourth-order valence-corrected chi connectivity index (χ4v) is 1.69. The molecule has 0 amide bonds. The molecule has 0 N–H and O–H groups in total. The Morgan fingerprint density at radius 3 is 2.57 bits per heavy atom. The Bertz CT molecular complexity index is 395. The Morgan fingerprint density at radius 2 is 2.00 bits per heavy atom. The SMILES string of the molecule is Cc1ccccc1[C@@H]1CC(=O)OC1=O. The quantitative estimate of drug-likeness (QED) is 0.498. The monoisotopic (exact) mass is 190 g/mol. The largest absolute Gasteiger partial charge is 0.393 e. The van der Waals surface area contributed by atoms with Crippen molar-refractivity contribution in [2.24, 2.45) is 0 Å². The van der Waals surface area contributed by atoms with Gasteiger partial charge in [0, 0.05) is 0 Å². The molecule has 0 aromatic heterocycles. The van der Waals surface area contributed by atoms with Crippen LogP contribution in [0.4, 0.5) is 0 Å². The highest BCUT2D eigenvalue weighted by molar-refractivity contribution is 5.98. The first-order valence-corrected chi connectivity index (χ1v) is 4.48. The molecule has 1 aromatic rings. The van der Waals surface area contributed by atoms with Gasteiger partial charge in [-0.25, -0.2) is 0 Å². The van der Waals surface area contributed by atoms with E-state index in [0.717, 1.165) is 11.1 Å². The normalized spacial score (nSPS) is 21.1. The van der Waals surface area contributed by atoms with Crippen LogP contribution in [0.25, 0.3) is 0 Å². The molecule has 0 bridgehead atoms. The van der Waals surface area contributed by atoms with Gasteiger partial charge >= 0.3 is 11.9 Å². The number of carbonyl (C=O) groups is 2. The van der Waals surface area contributed by atoms with Crippen molar-refractivity contribution in [2.45, 2.75) is 19.3 Å². The van der Waals surface area contributed by atoms with Gasteiger partial charge in [0.1, 0.15) is 0 Å². The number of hydrogen-bond acceptors (Lipinski definition) is 3. The van der Waals surface area contributed by atoms with Crippen LogP contribution in [0.1, 0.15) is 23.5 Å². The molecule has 1 atom stereocenters. The maximum absolute atomic E-state index is 11.3. The first-order valence-electron chi connectivity index (χ1n) is 4.48. The van der Waals surface area contributed by atoms with E-state index >= 15 is 0 Å². The van der Waals surface area contributed by atoms with E-state index in [2.05, 4.69) is 4.74 Å². The van der Waals surface area contributed by atoms with E-state index in [1.807, 2.05) is 31.2 Å². The lowest BCUT2D eigenvalue weighted by molar-refractivity contribution is -0.152. The highest BCUT2D eigenvalue weighted by Gasteiger charge is 2.35. The Kier molecular flexibility index (Phi) is 2.08. The molecule has 2 rings (SSSR count). The number of esters is 2. The molecule has 1 heterocycles. The van der Waals surface area contributed by atoms with E-state index < -0.39 is 17.9 Å². The van der Waals surface area contributed by atoms with E-state index in [4.69, 9.17) is 0 Å². The van der Waals surface area contributed by atoms with Crippen molar-refractivity contribution in [1.29, 1.82) is 0 Å². The summed E-state index contributed by atoms with van der Waals surface area (Å²) < 4.78 is 4.51. The zero-order chi connectivity index (χ0) is 10.1. The van der Waals surface area contributed by atoms with Gasteiger partial charge in [-0.15, -0.1) is 0 Å². The van der Waals surface area contributed by atoms with Gasteiger partial charge in [0.25, 0.3) is 0 Å². The average Bonchev–Trinajstić information content (AvgIpc) is 2.46. The van der Waals surface area contributed by atoms with Crippen LogP contribution in [0.3, 0.4) is 0 Å². The Labute approximate surface area is 81.7 Å². The first-order chi connectivity index (χ1) is 6.68. The van der Waals surface area contributed by atoms with Crippen molar-refractivity contribution in [3.05, 3.63) is 35.4 Å². The van der Waals surface area contributed by atoms with Crippen LogP contribution < -0.4 is 0 Å². The molecule has 3 heteroatoms. The van der Waals surface area contributed by atoms with Crippen molar-refractivity contribution < 1.29 is 14.3 Å². The molecule has 0 spiro atoms. The summed E-state index contributed by atoms with van der Waals surface area (Å²) in [6.07, 6.45) is 0.170. The number of ether oxygens (including phenoxy) is 1. The van der Waals surface area contributed by atoms with Crippen LogP contribution in [0, 0.1) is 6.92 Å². The summed E-state index contributed by atoms with van der Waals surface area (Å²) in [4.78, 5) is 22.2. The number of hydrogen-bond donors (Lipinski definition) is 0. The standard InChI is InChI=1S/C11H10O3/c1-7-4-2-3-5-8(7)9-6-10(12)14-11(9)13/h2-5,9H,6H2,1H3/t9-/m0/s1. The fourth-order valence-electron chi connectivity index (χ4n) is 1.69.